The fourth-order valence-corrected chi connectivity index (χ4v) is 7.47. The summed E-state index contributed by atoms with van der Waals surface area (Å²) in [6, 6.07) is 14.9. The van der Waals surface area contributed by atoms with Crippen molar-refractivity contribution in [3.63, 3.8) is 0 Å². The predicted octanol–water partition coefficient (Wildman–Crippen LogP) is 8.02. The van der Waals surface area contributed by atoms with Crippen molar-refractivity contribution >= 4 is 27.9 Å². The van der Waals surface area contributed by atoms with Gasteiger partial charge in [-0.05, 0) is 93.3 Å². The van der Waals surface area contributed by atoms with Gasteiger partial charge in [-0.2, -0.15) is 8.78 Å². The SMILES string of the molecule is C[C@H]1CC[C@@H](c2ncc(-c3ccc4c(c3)COc3cc5c(ccc6nc([C@@H]7C[C@H](COC(F)F)CN7C(=O)OC(C)(C)C)[nH]c65)cc3-4)[nH]2)N1. The first-order chi connectivity index (χ1) is 23.5. The number of aromatic nitrogens is 4. The van der Waals surface area contributed by atoms with Gasteiger partial charge in [-0.3, -0.25) is 4.90 Å². The number of hydrogen-bond acceptors (Lipinski definition) is 7. The first kappa shape index (κ1) is 31.7. The molecule has 1 amide bonds. The van der Waals surface area contributed by atoms with Gasteiger partial charge in [-0.15, -0.1) is 0 Å². The van der Waals surface area contributed by atoms with Crippen molar-refractivity contribution in [1.82, 2.24) is 30.2 Å². The Bertz CT molecular complexity index is 2050. The molecule has 49 heavy (non-hydrogen) atoms. The zero-order chi connectivity index (χ0) is 34.0. The highest BCUT2D eigenvalue weighted by Gasteiger charge is 2.40. The smallest absolute Gasteiger partial charge is 0.410 e. The molecule has 12 heteroatoms. The molecule has 0 saturated carbocycles. The first-order valence-corrected chi connectivity index (χ1v) is 16.9. The molecule has 8 rings (SSSR count). The Balaban J connectivity index is 1.09. The van der Waals surface area contributed by atoms with Crippen molar-refractivity contribution in [3.05, 3.63) is 65.9 Å². The summed E-state index contributed by atoms with van der Waals surface area (Å²) in [4.78, 5) is 31.3. The number of amides is 1. The van der Waals surface area contributed by atoms with E-state index in [4.69, 9.17) is 14.5 Å². The zero-order valence-electron chi connectivity index (χ0n) is 28.0. The number of carbonyl (C=O) groups excluding carboxylic acids is 1. The van der Waals surface area contributed by atoms with Gasteiger partial charge in [-0.1, -0.05) is 18.2 Å². The summed E-state index contributed by atoms with van der Waals surface area (Å²) in [7, 11) is 0. The fraction of sp³-hybridized carbons (Fsp3) is 0.432. The summed E-state index contributed by atoms with van der Waals surface area (Å²) in [5.41, 5.74) is 6.14. The highest BCUT2D eigenvalue weighted by atomic mass is 19.3. The van der Waals surface area contributed by atoms with Gasteiger partial charge in [0.25, 0.3) is 0 Å². The van der Waals surface area contributed by atoms with Crippen LogP contribution in [0.1, 0.15) is 76.3 Å². The van der Waals surface area contributed by atoms with Crippen LogP contribution in [0.25, 0.3) is 44.2 Å². The van der Waals surface area contributed by atoms with Crippen LogP contribution >= 0.6 is 0 Å². The van der Waals surface area contributed by atoms with Gasteiger partial charge in [0.2, 0.25) is 0 Å². The fourth-order valence-electron chi connectivity index (χ4n) is 7.47. The number of likely N-dealkylation sites (tertiary alicyclic amines) is 1. The summed E-state index contributed by atoms with van der Waals surface area (Å²) in [5, 5.41) is 5.54. The quantitative estimate of drug-likeness (QED) is 0.168. The van der Waals surface area contributed by atoms with E-state index in [0.29, 0.717) is 24.9 Å². The van der Waals surface area contributed by atoms with Crippen LogP contribution in [0.3, 0.4) is 0 Å². The molecule has 2 fully saturated rings. The van der Waals surface area contributed by atoms with Crippen LogP contribution < -0.4 is 10.1 Å². The number of aromatic amines is 2. The van der Waals surface area contributed by atoms with E-state index in [1.165, 1.54) is 0 Å². The molecule has 10 nitrogen and oxygen atoms in total. The van der Waals surface area contributed by atoms with Gasteiger partial charge in [0.15, 0.2) is 0 Å². The van der Waals surface area contributed by atoms with Gasteiger partial charge in [0, 0.05) is 29.5 Å². The molecule has 5 aromatic rings. The predicted molar refractivity (Wildman–Crippen MR) is 181 cm³/mol. The lowest BCUT2D eigenvalue weighted by atomic mass is 9.92. The van der Waals surface area contributed by atoms with Crippen LogP contribution in [0.4, 0.5) is 13.6 Å². The van der Waals surface area contributed by atoms with Crippen LogP contribution in [0.5, 0.6) is 5.75 Å². The third-order valence-corrected chi connectivity index (χ3v) is 9.77. The molecule has 256 valence electrons. The van der Waals surface area contributed by atoms with Crippen LogP contribution in [0.15, 0.2) is 48.7 Å². The maximum Gasteiger partial charge on any atom is 0.410 e. The highest BCUT2D eigenvalue weighted by Crippen LogP contribution is 2.43. The molecule has 0 unspecified atom stereocenters. The molecule has 0 bridgehead atoms. The van der Waals surface area contributed by atoms with Crippen molar-refractivity contribution in [3.8, 4) is 28.1 Å². The Labute approximate surface area is 282 Å². The van der Waals surface area contributed by atoms with Crippen LogP contribution in [-0.2, 0) is 16.1 Å². The Morgan fingerprint density at radius 1 is 1.08 bits per heavy atom. The number of imidazole rings is 2. The molecule has 0 aliphatic carbocycles. The third-order valence-electron chi connectivity index (χ3n) is 9.77. The van der Waals surface area contributed by atoms with E-state index in [9.17, 15) is 13.6 Å². The maximum atomic E-state index is 13.2. The average Bonchev–Trinajstić information content (AvgIpc) is 3.87. The summed E-state index contributed by atoms with van der Waals surface area (Å²) in [6.45, 7) is 5.22. The van der Waals surface area contributed by atoms with Crippen LogP contribution in [0.2, 0.25) is 0 Å². The minimum atomic E-state index is -2.87. The summed E-state index contributed by atoms with van der Waals surface area (Å²) < 4.78 is 42.4. The van der Waals surface area contributed by atoms with Gasteiger partial charge in [-0.25, -0.2) is 14.8 Å². The Morgan fingerprint density at radius 3 is 2.71 bits per heavy atom. The number of rotatable bonds is 6. The van der Waals surface area contributed by atoms with Crippen molar-refractivity contribution in [2.45, 2.75) is 83.9 Å². The number of halogens is 2. The van der Waals surface area contributed by atoms with Crippen molar-refractivity contribution in [1.29, 1.82) is 0 Å². The topological polar surface area (TPSA) is 117 Å². The van der Waals surface area contributed by atoms with E-state index in [1.807, 2.05) is 24.4 Å². The van der Waals surface area contributed by atoms with Crippen molar-refractivity contribution in [2.24, 2.45) is 5.92 Å². The second-order valence-electron chi connectivity index (χ2n) is 14.5. The summed E-state index contributed by atoms with van der Waals surface area (Å²) >= 11 is 0. The summed E-state index contributed by atoms with van der Waals surface area (Å²) in [5.74, 6) is 2.04. The average molecular weight is 671 g/mol. The van der Waals surface area contributed by atoms with E-state index in [0.717, 1.165) is 74.2 Å². The molecule has 2 saturated heterocycles. The Kier molecular flexibility index (Phi) is 7.83. The first-order valence-electron chi connectivity index (χ1n) is 16.9. The Hall–Kier alpha value is -4.55. The number of nitrogens with zero attached hydrogens (tertiary/aromatic N) is 3. The highest BCUT2D eigenvalue weighted by molar-refractivity contribution is 6.07. The second kappa shape index (κ2) is 12.1. The molecule has 4 atom stereocenters. The van der Waals surface area contributed by atoms with Gasteiger partial charge < -0.3 is 29.5 Å². The number of H-pyrrole nitrogens is 2. The lowest BCUT2D eigenvalue weighted by molar-refractivity contribution is -0.137. The minimum absolute atomic E-state index is 0.163. The standard InChI is InChI=1S/C37H40F2N6O4/c1-19-5-9-28(41-19)33-40-15-29(43-33)22-6-8-24-23(12-22)18-47-31-14-25-21(13-26(24)31)7-10-27-32(25)44-34(42-27)30-11-20(17-48-35(38)39)16-45(30)36(46)49-37(2,3)4/h6-8,10,12-15,19-20,28,30,35,41H,5,9,11,16-18H2,1-4H3,(H,40,43)(H,42,44)/t19-,20-,28-,30-/m0/s1. The van der Waals surface area contributed by atoms with E-state index >= 15 is 0 Å². The number of ether oxygens (including phenoxy) is 3. The molecule has 3 aliphatic rings. The molecule has 5 heterocycles. The lowest BCUT2D eigenvalue weighted by Gasteiger charge is -2.27. The monoisotopic (exact) mass is 670 g/mol. The van der Waals surface area contributed by atoms with Crippen LogP contribution in [-0.4, -0.2) is 62.3 Å². The van der Waals surface area contributed by atoms with Gasteiger partial charge in [0.1, 0.15) is 29.6 Å². The molecule has 2 aromatic heterocycles. The molecule has 0 radical (unpaired) electrons. The number of nitrogens with one attached hydrogen (secondary N) is 3. The Morgan fingerprint density at radius 2 is 1.94 bits per heavy atom. The second-order valence-corrected chi connectivity index (χ2v) is 14.5. The molecule has 0 spiro atoms. The molecule has 3 N–H and O–H groups in total. The number of fused-ring (bicyclic) bond motifs is 6. The number of benzene rings is 3. The van der Waals surface area contributed by atoms with Gasteiger partial charge in [0.05, 0.1) is 41.6 Å². The van der Waals surface area contributed by atoms with E-state index < -0.39 is 24.3 Å². The molecule has 3 aromatic carbocycles. The van der Waals surface area contributed by atoms with Crippen molar-refractivity contribution in [2.75, 3.05) is 13.2 Å². The molecule has 3 aliphatic heterocycles. The molecular weight excluding hydrogens is 630 g/mol. The van der Waals surface area contributed by atoms with E-state index in [1.54, 1.807) is 25.7 Å². The lowest BCUT2D eigenvalue weighted by Crippen LogP contribution is -2.37. The zero-order valence-corrected chi connectivity index (χ0v) is 28.0. The molecular formula is C37H40F2N6O4. The van der Waals surface area contributed by atoms with Crippen LogP contribution in [0, 0.1) is 5.92 Å². The third kappa shape index (κ3) is 6.12. The van der Waals surface area contributed by atoms with Gasteiger partial charge >= 0.3 is 12.7 Å². The summed E-state index contributed by atoms with van der Waals surface area (Å²) in [6.07, 6.45) is 4.03. The number of alkyl halides is 2. The normalized spacial score (nSPS) is 22.1. The van der Waals surface area contributed by atoms with E-state index in [-0.39, 0.29) is 25.1 Å². The maximum absolute atomic E-state index is 13.2. The van der Waals surface area contributed by atoms with E-state index in [2.05, 4.69) is 56.2 Å². The minimum Gasteiger partial charge on any atom is -0.488 e. The largest absolute Gasteiger partial charge is 0.488 e. The number of carbonyl (C=O) groups is 1. The number of hydrogen-bond donors (Lipinski definition) is 3. The van der Waals surface area contributed by atoms with Crippen molar-refractivity contribution < 1.29 is 27.8 Å².